The summed E-state index contributed by atoms with van der Waals surface area (Å²) in [5.74, 6) is 1.72. The van der Waals surface area contributed by atoms with Crippen molar-refractivity contribution in [2.75, 3.05) is 13.7 Å². The van der Waals surface area contributed by atoms with Crippen molar-refractivity contribution in [3.05, 3.63) is 0 Å². The number of nitrogens with two attached hydrogens (primary N) is 1. The summed E-state index contributed by atoms with van der Waals surface area (Å²) in [6.07, 6.45) is 0. The van der Waals surface area contributed by atoms with E-state index >= 15 is 0 Å². The molecule has 0 radical (unpaired) electrons. The molecule has 2 atom stereocenters. The predicted molar refractivity (Wildman–Crippen MR) is 38.9 cm³/mol. The first-order chi connectivity index (χ1) is 4.18. The molecule has 0 saturated heterocycles. The molecule has 54 valence electrons. The Balaban J connectivity index is 2.31. The van der Waals surface area contributed by atoms with E-state index in [-0.39, 0.29) is 0 Å². The maximum atomic E-state index is 5.46. The van der Waals surface area contributed by atoms with Crippen molar-refractivity contribution < 1.29 is 0 Å². The monoisotopic (exact) mass is 128 g/mol. The summed E-state index contributed by atoms with van der Waals surface area (Å²) in [5.41, 5.74) is 5.46. The van der Waals surface area contributed by atoms with E-state index in [2.05, 4.69) is 25.8 Å². The summed E-state index contributed by atoms with van der Waals surface area (Å²) < 4.78 is 0. The molecule has 0 aromatic rings. The Morgan fingerprint density at radius 1 is 1.33 bits per heavy atom. The summed E-state index contributed by atoms with van der Waals surface area (Å²) in [7, 11) is 2.09. The van der Waals surface area contributed by atoms with Gasteiger partial charge in [-0.2, -0.15) is 0 Å². The molecule has 2 heteroatoms. The predicted octanol–water partition coefficient (Wildman–Crippen LogP) is 0.489. The van der Waals surface area contributed by atoms with Gasteiger partial charge < -0.3 is 5.73 Å². The summed E-state index contributed by atoms with van der Waals surface area (Å²) in [5, 5.41) is 0. The van der Waals surface area contributed by atoms with Crippen molar-refractivity contribution in [2.45, 2.75) is 19.9 Å². The zero-order valence-electron chi connectivity index (χ0n) is 6.46. The summed E-state index contributed by atoms with van der Waals surface area (Å²) in [6.45, 7) is 5.25. The average Bonchev–Trinajstić information content (AvgIpc) is 2.40. The molecule has 1 aliphatic rings. The largest absolute Gasteiger partial charge is 0.318 e. The maximum Gasteiger partial charge on any atom is 0.0455 e. The van der Waals surface area contributed by atoms with Gasteiger partial charge in [-0.1, -0.05) is 13.8 Å². The first kappa shape index (κ1) is 7.03. The van der Waals surface area contributed by atoms with Crippen molar-refractivity contribution in [3.63, 3.8) is 0 Å². The zero-order valence-corrected chi connectivity index (χ0v) is 6.46. The highest BCUT2D eigenvalue weighted by Crippen LogP contribution is 2.41. The number of rotatable bonds is 2. The third kappa shape index (κ3) is 1.10. The molecule has 2 nitrogen and oxygen atoms in total. The smallest absolute Gasteiger partial charge is 0.0455 e. The van der Waals surface area contributed by atoms with Crippen molar-refractivity contribution >= 4 is 0 Å². The molecular formula is C7H16N2. The van der Waals surface area contributed by atoms with Gasteiger partial charge in [0.1, 0.15) is 0 Å². The third-order valence-corrected chi connectivity index (χ3v) is 2.56. The summed E-state index contributed by atoms with van der Waals surface area (Å²) >= 11 is 0. The molecule has 2 unspecified atom stereocenters. The van der Waals surface area contributed by atoms with Crippen LogP contribution in [0.2, 0.25) is 0 Å². The van der Waals surface area contributed by atoms with Crippen molar-refractivity contribution in [2.24, 2.45) is 17.6 Å². The van der Waals surface area contributed by atoms with E-state index in [9.17, 15) is 0 Å². The second-order valence-electron chi connectivity index (χ2n) is 3.15. The minimum absolute atomic E-state index is 0.694. The molecule has 1 aliphatic carbocycles. The van der Waals surface area contributed by atoms with Crippen LogP contribution in [0.4, 0.5) is 0 Å². The summed E-state index contributed by atoms with van der Waals surface area (Å²) in [6, 6.07) is 0.759. The van der Waals surface area contributed by atoms with Crippen molar-refractivity contribution in [1.82, 2.24) is 4.90 Å². The highest BCUT2D eigenvalue weighted by Gasteiger charge is 2.44. The first-order valence-corrected chi connectivity index (χ1v) is 3.58. The second-order valence-corrected chi connectivity index (χ2v) is 3.15. The Hall–Kier alpha value is -0.0800. The average molecular weight is 128 g/mol. The van der Waals surface area contributed by atoms with Crippen LogP contribution in [0.25, 0.3) is 0 Å². The lowest BCUT2D eigenvalue weighted by atomic mass is 10.4. The Kier molecular flexibility index (Phi) is 1.78. The fraction of sp³-hybridized carbons (Fsp3) is 1.00. The fourth-order valence-electron chi connectivity index (χ4n) is 1.56. The van der Waals surface area contributed by atoms with Crippen LogP contribution in [0.5, 0.6) is 0 Å². The van der Waals surface area contributed by atoms with Crippen molar-refractivity contribution in [3.8, 4) is 0 Å². The molecule has 0 heterocycles. The van der Waals surface area contributed by atoms with E-state index in [1.807, 2.05) is 0 Å². The van der Waals surface area contributed by atoms with Gasteiger partial charge in [0.2, 0.25) is 0 Å². The van der Waals surface area contributed by atoms with Crippen LogP contribution in [0, 0.1) is 11.8 Å². The van der Waals surface area contributed by atoms with Gasteiger partial charge >= 0.3 is 0 Å². The molecule has 1 saturated carbocycles. The van der Waals surface area contributed by atoms with E-state index in [0.29, 0.717) is 6.67 Å². The number of hydrogen-bond acceptors (Lipinski definition) is 2. The van der Waals surface area contributed by atoms with Gasteiger partial charge in [-0.15, -0.1) is 0 Å². The Morgan fingerprint density at radius 3 is 1.89 bits per heavy atom. The lowest BCUT2D eigenvalue weighted by molar-refractivity contribution is 0.313. The highest BCUT2D eigenvalue weighted by molar-refractivity contribution is 4.97. The summed E-state index contributed by atoms with van der Waals surface area (Å²) in [4.78, 5) is 2.22. The number of nitrogens with zero attached hydrogens (tertiary/aromatic N) is 1. The molecule has 0 aliphatic heterocycles. The van der Waals surface area contributed by atoms with Gasteiger partial charge in [-0.3, -0.25) is 4.90 Å². The fourth-order valence-corrected chi connectivity index (χ4v) is 1.56. The lowest BCUT2D eigenvalue weighted by Gasteiger charge is -2.12. The zero-order chi connectivity index (χ0) is 7.02. The molecular weight excluding hydrogens is 112 g/mol. The van der Waals surface area contributed by atoms with E-state index in [4.69, 9.17) is 5.73 Å². The second kappa shape index (κ2) is 2.27. The molecule has 0 spiro atoms. The molecule has 0 aromatic heterocycles. The molecule has 0 aromatic carbocycles. The van der Waals surface area contributed by atoms with Gasteiger partial charge in [0.15, 0.2) is 0 Å². The van der Waals surface area contributed by atoms with Gasteiger partial charge in [0.25, 0.3) is 0 Å². The van der Waals surface area contributed by atoms with Crippen LogP contribution in [0.3, 0.4) is 0 Å². The Morgan fingerprint density at radius 2 is 1.78 bits per heavy atom. The first-order valence-electron chi connectivity index (χ1n) is 3.58. The van der Waals surface area contributed by atoms with Crippen LogP contribution in [-0.2, 0) is 0 Å². The van der Waals surface area contributed by atoms with Crippen LogP contribution >= 0.6 is 0 Å². The standard InChI is InChI=1S/C7H16N2/c1-5-6(2)7(5)9(3)4-8/h5-7H,4,8H2,1-3H3. The van der Waals surface area contributed by atoms with Crippen LogP contribution in [-0.4, -0.2) is 24.7 Å². The number of hydrogen-bond donors (Lipinski definition) is 1. The molecule has 1 rings (SSSR count). The van der Waals surface area contributed by atoms with E-state index < -0.39 is 0 Å². The quantitative estimate of drug-likeness (QED) is 0.548. The molecule has 0 amide bonds. The minimum Gasteiger partial charge on any atom is -0.318 e. The van der Waals surface area contributed by atoms with E-state index in [1.165, 1.54) is 0 Å². The van der Waals surface area contributed by atoms with Gasteiger partial charge in [0.05, 0.1) is 0 Å². The normalized spacial score (nSPS) is 41.7. The molecule has 0 bridgehead atoms. The SMILES string of the molecule is CC1C(C)C1N(C)CN. The van der Waals surface area contributed by atoms with Crippen LogP contribution in [0.15, 0.2) is 0 Å². The Bertz CT molecular complexity index is 95.1. The van der Waals surface area contributed by atoms with Gasteiger partial charge in [0, 0.05) is 12.7 Å². The van der Waals surface area contributed by atoms with E-state index in [1.54, 1.807) is 0 Å². The molecule has 9 heavy (non-hydrogen) atoms. The van der Waals surface area contributed by atoms with Gasteiger partial charge in [-0.05, 0) is 18.9 Å². The van der Waals surface area contributed by atoms with Crippen LogP contribution in [0.1, 0.15) is 13.8 Å². The molecule has 2 N–H and O–H groups in total. The van der Waals surface area contributed by atoms with Gasteiger partial charge in [-0.25, -0.2) is 0 Å². The minimum atomic E-state index is 0.694. The van der Waals surface area contributed by atoms with Crippen LogP contribution < -0.4 is 5.73 Å². The molecule has 1 fully saturated rings. The van der Waals surface area contributed by atoms with Crippen molar-refractivity contribution in [1.29, 1.82) is 0 Å². The third-order valence-electron chi connectivity index (χ3n) is 2.56. The maximum absolute atomic E-state index is 5.46. The lowest BCUT2D eigenvalue weighted by Crippen LogP contribution is -2.29. The highest BCUT2D eigenvalue weighted by atomic mass is 15.2. The Labute approximate surface area is 57.0 Å². The van der Waals surface area contributed by atoms with E-state index in [0.717, 1.165) is 17.9 Å². The topological polar surface area (TPSA) is 29.3 Å².